The van der Waals surface area contributed by atoms with Crippen molar-refractivity contribution in [1.82, 2.24) is 9.97 Å². The standard InChI is InChI=1S/C11H12N4O/c1-7-2-8(12)4-9(3-7)16-11-5-10(13)14-6-15-11/h2-6H,12H2,1H3,(H2,13,14,15). The largest absolute Gasteiger partial charge is 0.439 e. The van der Waals surface area contributed by atoms with E-state index in [0.29, 0.717) is 23.1 Å². The summed E-state index contributed by atoms with van der Waals surface area (Å²) in [5, 5.41) is 0. The van der Waals surface area contributed by atoms with Gasteiger partial charge in [-0.05, 0) is 24.6 Å². The molecule has 0 bridgehead atoms. The van der Waals surface area contributed by atoms with Gasteiger partial charge in [-0.25, -0.2) is 9.97 Å². The Hall–Kier alpha value is -2.30. The van der Waals surface area contributed by atoms with Gasteiger partial charge in [0.05, 0.1) is 0 Å². The van der Waals surface area contributed by atoms with E-state index >= 15 is 0 Å². The molecule has 0 aliphatic heterocycles. The van der Waals surface area contributed by atoms with Crippen LogP contribution in [-0.4, -0.2) is 9.97 Å². The molecular weight excluding hydrogens is 204 g/mol. The number of hydrogen-bond donors (Lipinski definition) is 2. The van der Waals surface area contributed by atoms with Crippen LogP contribution in [0.1, 0.15) is 5.56 Å². The highest BCUT2D eigenvalue weighted by molar-refractivity contribution is 5.48. The summed E-state index contributed by atoms with van der Waals surface area (Å²) in [7, 11) is 0. The zero-order valence-electron chi connectivity index (χ0n) is 8.84. The summed E-state index contributed by atoms with van der Waals surface area (Å²) in [5.74, 6) is 1.40. The van der Waals surface area contributed by atoms with Crippen molar-refractivity contribution in [1.29, 1.82) is 0 Å². The molecule has 0 amide bonds. The van der Waals surface area contributed by atoms with E-state index in [0.717, 1.165) is 5.56 Å². The van der Waals surface area contributed by atoms with Gasteiger partial charge in [0, 0.05) is 17.8 Å². The van der Waals surface area contributed by atoms with Gasteiger partial charge >= 0.3 is 0 Å². The molecule has 2 aromatic rings. The van der Waals surface area contributed by atoms with Crippen LogP contribution in [0.4, 0.5) is 11.5 Å². The Morgan fingerprint density at radius 2 is 1.88 bits per heavy atom. The topological polar surface area (TPSA) is 87.0 Å². The summed E-state index contributed by atoms with van der Waals surface area (Å²) in [6.45, 7) is 1.94. The van der Waals surface area contributed by atoms with Gasteiger partial charge in [-0.2, -0.15) is 0 Å². The Kier molecular flexibility index (Phi) is 2.59. The zero-order valence-corrected chi connectivity index (χ0v) is 8.84. The Balaban J connectivity index is 2.27. The second kappa shape index (κ2) is 4.06. The highest BCUT2D eigenvalue weighted by Gasteiger charge is 2.01. The molecule has 0 spiro atoms. The van der Waals surface area contributed by atoms with E-state index in [-0.39, 0.29) is 0 Å². The molecule has 82 valence electrons. The van der Waals surface area contributed by atoms with Crippen molar-refractivity contribution in [3.8, 4) is 11.6 Å². The van der Waals surface area contributed by atoms with Crippen molar-refractivity contribution in [3.63, 3.8) is 0 Å². The lowest BCUT2D eigenvalue weighted by atomic mass is 10.2. The number of hydrogen-bond acceptors (Lipinski definition) is 5. The lowest BCUT2D eigenvalue weighted by molar-refractivity contribution is 0.462. The molecule has 1 aromatic heterocycles. The van der Waals surface area contributed by atoms with Crippen molar-refractivity contribution in [2.75, 3.05) is 11.5 Å². The molecule has 0 fully saturated rings. The molecule has 0 atom stereocenters. The average Bonchev–Trinajstić information content (AvgIpc) is 2.15. The number of nitrogen functional groups attached to an aromatic ring is 2. The van der Waals surface area contributed by atoms with E-state index < -0.39 is 0 Å². The third-order valence-electron chi connectivity index (χ3n) is 1.96. The molecule has 5 heteroatoms. The van der Waals surface area contributed by atoms with Crippen LogP contribution in [-0.2, 0) is 0 Å². The van der Waals surface area contributed by atoms with Crippen molar-refractivity contribution >= 4 is 11.5 Å². The van der Waals surface area contributed by atoms with Crippen LogP contribution in [0.25, 0.3) is 0 Å². The molecular formula is C11H12N4O. The molecule has 5 nitrogen and oxygen atoms in total. The lowest BCUT2D eigenvalue weighted by Crippen LogP contribution is -1.94. The van der Waals surface area contributed by atoms with Gasteiger partial charge < -0.3 is 16.2 Å². The first-order chi connectivity index (χ1) is 7.63. The Labute approximate surface area is 93.1 Å². The Morgan fingerprint density at radius 3 is 2.56 bits per heavy atom. The van der Waals surface area contributed by atoms with Gasteiger partial charge in [0.2, 0.25) is 5.88 Å². The number of anilines is 2. The molecule has 0 saturated heterocycles. The smallest absolute Gasteiger partial charge is 0.224 e. The van der Waals surface area contributed by atoms with Crippen LogP contribution >= 0.6 is 0 Å². The second-order valence-corrected chi connectivity index (χ2v) is 3.46. The highest BCUT2D eigenvalue weighted by atomic mass is 16.5. The third-order valence-corrected chi connectivity index (χ3v) is 1.96. The third kappa shape index (κ3) is 2.38. The van der Waals surface area contributed by atoms with Crippen LogP contribution in [0.3, 0.4) is 0 Å². The summed E-state index contributed by atoms with van der Waals surface area (Å²) in [4.78, 5) is 7.72. The molecule has 2 rings (SSSR count). The van der Waals surface area contributed by atoms with Crippen molar-refractivity contribution in [2.45, 2.75) is 6.92 Å². The van der Waals surface area contributed by atoms with Crippen LogP contribution in [0, 0.1) is 6.92 Å². The normalized spacial score (nSPS) is 10.1. The molecule has 1 aromatic carbocycles. The molecule has 0 unspecified atom stereocenters. The number of aromatic nitrogens is 2. The van der Waals surface area contributed by atoms with E-state index in [9.17, 15) is 0 Å². The predicted molar refractivity (Wildman–Crippen MR) is 62.1 cm³/mol. The molecule has 0 aliphatic rings. The molecule has 0 aliphatic carbocycles. The number of benzene rings is 1. The van der Waals surface area contributed by atoms with Gasteiger partial charge in [-0.1, -0.05) is 0 Å². The summed E-state index contributed by atoms with van der Waals surface area (Å²) >= 11 is 0. The monoisotopic (exact) mass is 216 g/mol. The second-order valence-electron chi connectivity index (χ2n) is 3.46. The van der Waals surface area contributed by atoms with Gasteiger partial charge in [-0.15, -0.1) is 0 Å². The van der Waals surface area contributed by atoms with Crippen LogP contribution in [0.15, 0.2) is 30.6 Å². The highest BCUT2D eigenvalue weighted by Crippen LogP contribution is 2.23. The maximum atomic E-state index is 5.71. The molecule has 1 heterocycles. The first-order valence-electron chi connectivity index (χ1n) is 4.76. The molecule has 0 saturated carbocycles. The van der Waals surface area contributed by atoms with E-state index in [1.54, 1.807) is 12.1 Å². The van der Waals surface area contributed by atoms with Crippen molar-refractivity contribution in [3.05, 3.63) is 36.2 Å². The Morgan fingerprint density at radius 1 is 1.06 bits per heavy atom. The number of nitrogens with zero attached hydrogens (tertiary/aromatic N) is 2. The minimum Gasteiger partial charge on any atom is -0.439 e. The molecule has 4 N–H and O–H groups in total. The SMILES string of the molecule is Cc1cc(N)cc(Oc2cc(N)ncn2)c1. The van der Waals surface area contributed by atoms with E-state index in [1.165, 1.54) is 6.33 Å². The summed E-state index contributed by atoms with van der Waals surface area (Å²) in [6.07, 6.45) is 1.35. The molecule has 16 heavy (non-hydrogen) atoms. The zero-order chi connectivity index (χ0) is 11.5. The predicted octanol–water partition coefficient (Wildman–Crippen LogP) is 1.74. The van der Waals surface area contributed by atoms with Crippen molar-refractivity contribution in [2.24, 2.45) is 0 Å². The van der Waals surface area contributed by atoms with Crippen molar-refractivity contribution < 1.29 is 4.74 Å². The molecule has 0 radical (unpaired) electrons. The maximum absolute atomic E-state index is 5.71. The van der Waals surface area contributed by atoms with E-state index in [2.05, 4.69) is 9.97 Å². The quantitative estimate of drug-likeness (QED) is 0.746. The van der Waals surface area contributed by atoms with Crippen LogP contribution in [0.5, 0.6) is 11.6 Å². The van der Waals surface area contributed by atoms with Crippen LogP contribution < -0.4 is 16.2 Å². The number of nitrogens with two attached hydrogens (primary N) is 2. The van der Waals surface area contributed by atoms with E-state index in [4.69, 9.17) is 16.2 Å². The fraction of sp³-hybridized carbons (Fsp3) is 0.0909. The number of ether oxygens (including phenoxy) is 1. The van der Waals surface area contributed by atoms with E-state index in [1.807, 2.05) is 19.1 Å². The summed E-state index contributed by atoms with van der Waals surface area (Å²) in [6, 6.07) is 7.01. The number of rotatable bonds is 2. The lowest BCUT2D eigenvalue weighted by Gasteiger charge is -2.06. The minimum atomic E-state index is 0.366. The summed E-state index contributed by atoms with van der Waals surface area (Å²) in [5.41, 5.74) is 12.9. The fourth-order valence-corrected chi connectivity index (χ4v) is 1.37. The number of aryl methyl sites for hydroxylation is 1. The first kappa shape index (κ1) is 10.2. The summed E-state index contributed by atoms with van der Waals surface area (Å²) < 4.78 is 5.51. The van der Waals surface area contributed by atoms with Gasteiger partial charge in [0.15, 0.2) is 0 Å². The van der Waals surface area contributed by atoms with Crippen LogP contribution in [0.2, 0.25) is 0 Å². The fourth-order valence-electron chi connectivity index (χ4n) is 1.37. The Bertz CT molecular complexity index is 493. The van der Waals surface area contributed by atoms with Gasteiger partial charge in [0.1, 0.15) is 17.9 Å². The minimum absolute atomic E-state index is 0.366. The van der Waals surface area contributed by atoms with Gasteiger partial charge in [-0.3, -0.25) is 0 Å². The first-order valence-corrected chi connectivity index (χ1v) is 4.76. The van der Waals surface area contributed by atoms with Gasteiger partial charge in [0.25, 0.3) is 0 Å². The maximum Gasteiger partial charge on any atom is 0.224 e. The average molecular weight is 216 g/mol.